The van der Waals surface area contributed by atoms with Crippen LogP contribution in [0.4, 0.5) is 5.69 Å². The van der Waals surface area contributed by atoms with E-state index >= 15 is 0 Å². The number of nitrogens with zero attached hydrogens (tertiary/aromatic N) is 2. The van der Waals surface area contributed by atoms with Crippen LogP contribution in [-0.2, 0) is 18.3 Å². The van der Waals surface area contributed by atoms with Crippen molar-refractivity contribution in [3.05, 3.63) is 11.9 Å². The number of halogens is 1. The Morgan fingerprint density at radius 3 is 2.75 bits per heavy atom. The minimum atomic E-state index is -0.169. The molecule has 1 N–H and O–H groups in total. The molecule has 0 aliphatic carbocycles. The van der Waals surface area contributed by atoms with Gasteiger partial charge < -0.3 is 5.32 Å². The van der Waals surface area contributed by atoms with Crippen molar-refractivity contribution in [3.63, 3.8) is 0 Å². The lowest BCUT2D eigenvalue weighted by atomic mass is 10.1. The maximum Gasteiger partial charge on any atom is 0.238 e. The average molecular weight is 288 g/mol. The summed E-state index contributed by atoms with van der Waals surface area (Å²) in [5, 5.41) is 7.17. The summed E-state index contributed by atoms with van der Waals surface area (Å²) in [6.07, 6.45) is 2.64. The summed E-state index contributed by atoms with van der Waals surface area (Å²) < 4.78 is 1.72. The maximum atomic E-state index is 11.8. The normalized spacial score (nSPS) is 12.9. The van der Waals surface area contributed by atoms with Crippen molar-refractivity contribution in [1.82, 2.24) is 9.78 Å². The van der Waals surface area contributed by atoms with Crippen LogP contribution in [0.1, 0.15) is 26.5 Å². The Kier molecular flexibility index (Phi) is 4.53. The van der Waals surface area contributed by atoms with E-state index in [1.54, 1.807) is 4.68 Å². The summed E-state index contributed by atoms with van der Waals surface area (Å²) >= 11 is 3.38. The third-order valence-electron chi connectivity index (χ3n) is 2.33. The highest BCUT2D eigenvalue weighted by molar-refractivity contribution is 9.10. The fraction of sp³-hybridized carbons (Fsp3) is 0.636. The van der Waals surface area contributed by atoms with Gasteiger partial charge in [-0.25, -0.2) is 0 Å². The molecule has 1 atom stereocenters. The van der Waals surface area contributed by atoms with Crippen molar-refractivity contribution in [2.45, 2.75) is 32.0 Å². The molecule has 4 nitrogen and oxygen atoms in total. The molecule has 1 aromatic rings. The molecule has 1 heterocycles. The Labute approximate surface area is 105 Å². The average Bonchev–Trinajstić information content (AvgIpc) is 2.57. The largest absolute Gasteiger partial charge is 0.322 e. The van der Waals surface area contributed by atoms with Gasteiger partial charge in [0, 0.05) is 13.2 Å². The van der Waals surface area contributed by atoms with Crippen LogP contribution in [-0.4, -0.2) is 20.5 Å². The van der Waals surface area contributed by atoms with Gasteiger partial charge in [-0.15, -0.1) is 0 Å². The molecule has 90 valence electrons. The summed E-state index contributed by atoms with van der Waals surface area (Å²) in [7, 11) is 1.85. The number of anilines is 1. The van der Waals surface area contributed by atoms with Gasteiger partial charge >= 0.3 is 0 Å². The second-order valence-electron chi connectivity index (χ2n) is 4.15. The van der Waals surface area contributed by atoms with Crippen molar-refractivity contribution in [2.24, 2.45) is 13.0 Å². The zero-order chi connectivity index (χ0) is 12.3. The van der Waals surface area contributed by atoms with Crippen LogP contribution in [0.3, 0.4) is 0 Å². The van der Waals surface area contributed by atoms with Crippen molar-refractivity contribution < 1.29 is 4.79 Å². The number of hydrogen-bond donors (Lipinski definition) is 1. The molecule has 1 aromatic heterocycles. The second kappa shape index (κ2) is 5.48. The molecule has 0 aliphatic heterocycles. The molecule has 1 amide bonds. The summed E-state index contributed by atoms with van der Waals surface area (Å²) in [5.74, 6) is 0.249. The van der Waals surface area contributed by atoms with E-state index in [1.165, 1.54) is 0 Å². The molecule has 0 saturated carbocycles. The van der Waals surface area contributed by atoms with Gasteiger partial charge in [0.1, 0.15) is 0 Å². The van der Waals surface area contributed by atoms with Crippen molar-refractivity contribution in [2.75, 3.05) is 5.32 Å². The molecule has 1 rings (SSSR count). The Morgan fingerprint density at radius 2 is 2.25 bits per heavy atom. The molecular weight excluding hydrogens is 270 g/mol. The number of amides is 1. The molecular formula is C11H18BrN3O. The number of aromatic nitrogens is 2. The first-order valence-corrected chi connectivity index (χ1v) is 6.34. The number of aryl methyl sites for hydroxylation is 2. The molecule has 0 radical (unpaired) electrons. The fourth-order valence-corrected chi connectivity index (χ4v) is 1.52. The predicted molar refractivity (Wildman–Crippen MR) is 68.8 cm³/mol. The molecule has 0 fully saturated rings. The summed E-state index contributed by atoms with van der Waals surface area (Å²) in [6, 6.07) is 0. The summed E-state index contributed by atoms with van der Waals surface area (Å²) in [4.78, 5) is 11.7. The minimum Gasteiger partial charge on any atom is -0.322 e. The number of hydrogen-bond acceptors (Lipinski definition) is 2. The van der Waals surface area contributed by atoms with E-state index in [4.69, 9.17) is 0 Å². The third-order valence-corrected chi connectivity index (χ3v) is 3.81. The number of carbonyl (C=O) groups excluding carboxylic acids is 1. The topological polar surface area (TPSA) is 46.9 Å². The lowest BCUT2D eigenvalue weighted by Crippen LogP contribution is -2.27. The zero-order valence-corrected chi connectivity index (χ0v) is 11.7. The Bertz CT molecular complexity index is 373. The van der Waals surface area contributed by atoms with E-state index in [0.29, 0.717) is 0 Å². The first kappa shape index (κ1) is 13.2. The molecule has 0 aromatic carbocycles. The number of rotatable bonds is 4. The van der Waals surface area contributed by atoms with Crippen LogP contribution < -0.4 is 5.32 Å². The highest BCUT2D eigenvalue weighted by atomic mass is 79.9. The first-order chi connectivity index (χ1) is 7.45. The van der Waals surface area contributed by atoms with Crippen LogP contribution in [0.5, 0.6) is 0 Å². The van der Waals surface area contributed by atoms with Gasteiger partial charge in [-0.3, -0.25) is 9.48 Å². The number of carbonyl (C=O) groups is 1. The Hall–Kier alpha value is -0.840. The maximum absolute atomic E-state index is 11.8. The third kappa shape index (κ3) is 3.07. The fourth-order valence-electron chi connectivity index (χ4n) is 1.40. The van der Waals surface area contributed by atoms with Gasteiger partial charge in [0.15, 0.2) is 0 Å². The quantitative estimate of drug-likeness (QED) is 0.864. The van der Waals surface area contributed by atoms with E-state index < -0.39 is 0 Å². The van der Waals surface area contributed by atoms with E-state index in [2.05, 4.69) is 26.3 Å². The van der Waals surface area contributed by atoms with Crippen LogP contribution >= 0.6 is 15.9 Å². The van der Waals surface area contributed by atoms with E-state index in [0.717, 1.165) is 17.8 Å². The van der Waals surface area contributed by atoms with Crippen LogP contribution in [0.25, 0.3) is 0 Å². The van der Waals surface area contributed by atoms with Gasteiger partial charge in [-0.05, 0) is 12.3 Å². The first-order valence-electron chi connectivity index (χ1n) is 5.43. The molecule has 0 bridgehead atoms. The number of alkyl halides is 1. The standard InChI is InChI=1S/C11H18BrN3O/c1-5-8-9(6-15(4)14-8)13-11(16)10(12)7(2)3/h6-7,10H,5H2,1-4H3,(H,13,16). The van der Waals surface area contributed by atoms with Crippen LogP contribution in [0.15, 0.2) is 6.20 Å². The lowest BCUT2D eigenvalue weighted by molar-refractivity contribution is -0.116. The molecule has 0 aliphatic rings. The van der Waals surface area contributed by atoms with Gasteiger partial charge in [-0.2, -0.15) is 5.10 Å². The van der Waals surface area contributed by atoms with Gasteiger partial charge in [0.05, 0.1) is 16.2 Å². The molecule has 16 heavy (non-hydrogen) atoms. The lowest BCUT2D eigenvalue weighted by Gasteiger charge is -2.13. The SMILES string of the molecule is CCc1nn(C)cc1NC(=O)C(Br)C(C)C. The highest BCUT2D eigenvalue weighted by Crippen LogP contribution is 2.18. The second-order valence-corrected chi connectivity index (χ2v) is 5.14. The predicted octanol–water partition coefficient (Wildman–Crippen LogP) is 2.34. The van der Waals surface area contributed by atoms with Crippen molar-refractivity contribution >= 4 is 27.5 Å². The monoisotopic (exact) mass is 287 g/mol. The molecule has 0 saturated heterocycles. The molecule has 0 spiro atoms. The van der Waals surface area contributed by atoms with Gasteiger partial charge in [0.2, 0.25) is 5.91 Å². The molecule has 1 unspecified atom stereocenters. The summed E-state index contributed by atoms with van der Waals surface area (Å²) in [5.41, 5.74) is 1.72. The van der Waals surface area contributed by atoms with E-state index in [-0.39, 0.29) is 16.7 Å². The zero-order valence-electron chi connectivity index (χ0n) is 10.1. The van der Waals surface area contributed by atoms with Crippen LogP contribution in [0.2, 0.25) is 0 Å². The van der Waals surface area contributed by atoms with Crippen molar-refractivity contribution in [3.8, 4) is 0 Å². The number of nitrogens with one attached hydrogen (secondary N) is 1. The minimum absolute atomic E-state index is 0.0160. The Morgan fingerprint density at radius 1 is 1.62 bits per heavy atom. The van der Waals surface area contributed by atoms with Crippen molar-refractivity contribution in [1.29, 1.82) is 0 Å². The van der Waals surface area contributed by atoms with Crippen LogP contribution in [0, 0.1) is 5.92 Å². The Balaban J connectivity index is 2.76. The van der Waals surface area contributed by atoms with E-state index in [1.807, 2.05) is 34.0 Å². The van der Waals surface area contributed by atoms with E-state index in [9.17, 15) is 4.79 Å². The highest BCUT2D eigenvalue weighted by Gasteiger charge is 2.20. The molecule has 5 heteroatoms. The van der Waals surface area contributed by atoms with Gasteiger partial charge in [-0.1, -0.05) is 36.7 Å². The summed E-state index contributed by atoms with van der Waals surface area (Å²) in [6.45, 7) is 6.03. The smallest absolute Gasteiger partial charge is 0.238 e. The van der Waals surface area contributed by atoms with Gasteiger partial charge in [0.25, 0.3) is 0 Å².